The van der Waals surface area contributed by atoms with Crippen molar-refractivity contribution in [3.8, 4) is 16.9 Å². The number of ether oxygens (including phenoxy) is 1. The van der Waals surface area contributed by atoms with Crippen molar-refractivity contribution in [3.63, 3.8) is 0 Å². The molecule has 4 N–H and O–H groups in total. The molecule has 2 amide bonds. The topological polar surface area (TPSA) is 102 Å². The summed E-state index contributed by atoms with van der Waals surface area (Å²) in [5.41, 5.74) is 11.9. The van der Waals surface area contributed by atoms with Crippen molar-refractivity contribution in [1.82, 2.24) is 5.16 Å². The fraction of sp³-hybridized carbons (Fsp3) is 0.130. The number of hydrogen-bond donors (Lipinski definition) is 3. The normalized spacial score (nSPS) is 10.8. The number of benzene rings is 3. The van der Waals surface area contributed by atoms with Gasteiger partial charge in [-0.1, -0.05) is 23.4 Å². The van der Waals surface area contributed by atoms with E-state index in [0.717, 1.165) is 27.9 Å². The van der Waals surface area contributed by atoms with Gasteiger partial charge in [-0.05, 0) is 72.5 Å². The first-order valence-corrected chi connectivity index (χ1v) is 9.43. The van der Waals surface area contributed by atoms with Crippen molar-refractivity contribution in [3.05, 3.63) is 65.7 Å². The molecule has 7 heteroatoms. The molecule has 7 nitrogen and oxygen atoms in total. The van der Waals surface area contributed by atoms with E-state index in [1.54, 1.807) is 7.11 Å². The Morgan fingerprint density at radius 3 is 2.30 bits per heavy atom. The van der Waals surface area contributed by atoms with Gasteiger partial charge < -0.3 is 25.6 Å². The average molecular weight is 402 g/mol. The molecule has 0 atom stereocenters. The van der Waals surface area contributed by atoms with Crippen LogP contribution in [0.2, 0.25) is 0 Å². The van der Waals surface area contributed by atoms with Gasteiger partial charge >= 0.3 is 6.03 Å². The first kappa shape index (κ1) is 19.3. The molecule has 4 aromatic rings. The maximum Gasteiger partial charge on any atom is 0.323 e. The second-order valence-electron chi connectivity index (χ2n) is 7.12. The van der Waals surface area contributed by atoms with E-state index < -0.39 is 0 Å². The Labute approximate surface area is 173 Å². The summed E-state index contributed by atoms with van der Waals surface area (Å²) >= 11 is 0. The Morgan fingerprint density at radius 1 is 0.967 bits per heavy atom. The van der Waals surface area contributed by atoms with Crippen molar-refractivity contribution in [2.24, 2.45) is 0 Å². The monoisotopic (exact) mass is 402 g/mol. The van der Waals surface area contributed by atoms with Crippen molar-refractivity contribution >= 4 is 34.2 Å². The molecular weight excluding hydrogens is 380 g/mol. The minimum Gasteiger partial charge on any atom is -0.494 e. The number of rotatable bonds is 4. The van der Waals surface area contributed by atoms with Crippen molar-refractivity contribution < 1.29 is 14.1 Å². The van der Waals surface area contributed by atoms with Crippen LogP contribution in [0.1, 0.15) is 11.1 Å². The molecule has 0 spiro atoms. The summed E-state index contributed by atoms with van der Waals surface area (Å²) in [6, 6.07) is 16.8. The van der Waals surface area contributed by atoms with E-state index in [4.69, 9.17) is 15.0 Å². The van der Waals surface area contributed by atoms with Crippen LogP contribution in [0.5, 0.6) is 5.75 Å². The fourth-order valence-electron chi connectivity index (χ4n) is 3.53. The number of urea groups is 1. The van der Waals surface area contributed by atoms with Crippen molar-refractivity contribution in [2.45, 2.75) is 13.8 Å². The van der Waals surface area contributed by atoms with E-state index in [0.29, 0.717) is 22.3 Å². The van der Waals surface area contributed by atoms with Crippen LogP contribution in [0.25, 0.3) is 22.0 Å². The quantitative estimate of drug-likeness (QED) is 0.427. The van der Waals surface area contributed by atoms with E-state index in [1.807, 2.05) is 62.4 Å². The summed E-state index contributed by atoms with van der Waals surface area (Å²) < 4.78 is 10.5. The van der Waals surface area contributed by atoms with Gasteiger partial charge in [-0.25, -0.2) is 4.79 Å². The predicted molar refractivity (Wildman–Crippen MR) is 119 cm³/mol. The number of hydrogen-bond acceptors (Lipinski definition) is 5. The van der Waals surface area contributed by atoms with E-state index in [2.05, 4.69) is 21.9 Å². The van der Waals surface area contributed by atoms with Gasteiger partial charge in [-0.15, -0.1) is 0 Å². The van der Waals surface area contributed by atoms with Crippen LogP contribution in [0.4, 0.5) is 22.1 Å². The molecule has 0 unspecified atom stereocenters. The first-order chi connectivity index (χ1) is 14.4. The summed E-state index contributed by atoms with van der Waals surface area (Å²) in [6.07, 6.45) is 0. The van der Waals surface area contributed by atoms with Gasteiger partial charge in [0.25, 0.3) is 0 Å². The number of anilines is 3. The van der Waals surface area contributed by atoms with Gasteiger partial charge in [0.05, 0.1) is 12.5 Å². The first-order valence-electron chi connectivity index (χ1n) is 9.43. The lowest BCUT2D eigenvalue weighted by atomic mass is 10.0. The number of methoxy groups -OCH3 is 1. The zero-order valence-corrected chi connectivity index (χ0v) is 16.9. The molecule has 152 valence electrons. The second-order valence-corrected chi connectivity index (χ2v) is 7.12. The summed E-state index contributed by atoms with van der Waals surface area (Å²) in [5, 5.41) is 10.4. The van der Waals surface area contributed by atoms with Gasteiger partial charge in [-0.2, -0.15) is 0 Å². The molecule has 0 saturated heterocycles. The average Bonchev–Trinajstić information content (AvgIpc) is 3.09. The van der Waals surface area contributed by atoms with Crippen LogP contribution < -0.4 is 21.1 Å². The molecule has 30 heavy (non-hydrogen) atoms. The number of carbonyl (C=O) groups is 1. The fourth-order valence-corrected chi connectivity index (χ4v) is 3.53. The van der Waals surface area contributed by atoms with Crippen LogP contribution in [0.15, 0.2) is 59.1 Å². The number of nitrogens with two attached hydrogens (primary N) is 1. The number of carbonyl (C=O) groups excluding carboxylic acids is 1. The van der Waals surface area contributed by atoms with Gasteiger partial charge in [0, 0.05) is 11.4 Å². The summed E-state index contributed by atoms with van der Waals surface area (Å²) in [5.74, 6) is 0.824. The molecule has 0 saturated carbocycles. The molecule has 0 fully saturated rings. The standard InChI is InChI=1S/C23H22N4O3/c1-13-10-14(2)12-17(11-13)26-23(28)25-16-6-4-15(5-7-16)18-8-9-19(29-3)21-20(18)22(24)30-27-21/h4-12H,24H2,1-3H3,(H2,25,26,28). The van der Waals surface area contributed by atoms with E-state index in [-0.39, 0.29) is 11.9 Å². The smallest absolute Gasteiger partial charge is 0.323 e. The van der Waals surface area contributed by atoms with Crippen LogP contribution in [0, 0.1) is 13.8 Å². The van der Waals surface area contributed by atoms with E-state index >= 15 is 0 Å². The summed E-state index contributed by atoms with van der Waals surface area (Å²) in [6.45, 7) is 3.99. The number of aryl methyl sites for hydroxylation is 2. The van der Waals surface area contributed by atoms with Crippen LogP contribution in [-0.4, -0.2) is 18.3 Å². The molecule has 0 aliphatic carbocycles. The Balaban J connectivity index is 1.54. The SMILES string of the molecule is COc1ccc(-c2ccc(NC(=O)Nc3cc(C)cc(C)c3)cc2)c2c(N)onc12. The molecular formula is C23H22N4O3. The third-order valence-electron chi connectivity index (χ3n) is 4.78. The van der Waals surface area contributed by atoms with Crippen molar-refractivity contribution in [2.75, 3.05) is 23.5 Å². The van der Waals surface area contributed by atoms with Crippen LogP contribution >= 0.6 is 0 Å². The molecule has 0 radical (unpaired) electrons. The number of fused-ring (bicyclic) bond motifs is 1. The van der Waals surface area contributed by atoms with E-state index in [9.17, 15) is 4.79 Å². The predicted octanol–water partition coefficient (Wildman–Crippen LogP) is 5.35. The number of amides is 2. The lowest BCUT2D eigenvalue weighted by molar-refractivity contribution is 0.262. The highest BCUT2D eigenvalue weighted by Gasteiger charge is 2.16. The minimum atomic E-state index is -0.303. The van der Waals surface area contributed by atoms with Crippen LogP contribution in [-0.2, 0) is 0 Å². The third-order valence-corrected chi connectivity index (χ3v) is 4.78. The lowest BCUT2D eigenvalue weighted by Gasteiger charge is -2.10. The number of nitrogen functional groups attached to an aromatic ring is 1. The zero-order valence-electron chi connectivity index (χ0n) is 16.9. The highest BCUT2D eigenvalue weighted by atomic mass is 16.5. The Morgan fingerprint density at radius 2 is 1.63 bits per heavy atom. The Hall–Kier alpha value is -4.00. The maximum absolute atomic E-state index is 12.3. The Kier molecular flexibility index (Phi) is 5.02. The molecule has 3 aromatic carbocycles. The molecule has 1 heterocycles. The Bertz CT molecular complexity index is 1210. The molecule has 0 bridgehead atoms. The van der Waals surface area contributed by atoms with Gasteiger partial charge in [0.1, 0.15) is 5.75 Å². The van der Waals surface area contributed by atoms with Gasteiger partial charge in [-0.3, -0.25) is 0 Å². The second kappa shape index (κ2) is 7.79. The van der Waals surface area contributed by atoms with Gasteiger partial charge in [0.15, 0.2) is 5.52 Å². The number of aromatic nitrogens is 1. The minimum absolute atomic E-state index is 0.230. The lowest BCUT2D eigenvalue weighted by Crippen LogP contribution is -2.19. The highest BCUT2D eigenvalue weighted by Crippen LogP contribution is 2.37. The molecule has 0 aliphatic heterocycles. The molecule has 1 aromatic heterocycles. The molecule has 4 rings (SSSR count). The summed E-state index contributed by atoms with van der Waals surface area (Å²) in [7, 11) is 1.57. The zero-order chi connectivity index (χ0) is 21.3. The third kappa shape index (κ3) is 3.77. The maximum atomic E-state index is 12.3. The number of nitrogens with one attached hydrogen (secondary N) is 2. The van der Waals surface area contributed by atoms with Crippen LogP contribution in [0.3, 0.4) is 0 Å². The molecule has 0 aliphatic rings. The highest BCUT2D eigenvalue weighted by molar-refractivity contribution is 6.04. The van der Waals surface area contributed by atoms with Gasteiger partial charge in [0.2, 0.25) is 5.88 Å². The largest absolute Gasteiger partial charge is 0.494 e. The summed E-state index contributed by atoms with van der Waals surface area (Å²) in [4.78, 5) is 12.3. The van der Waals surface area contributed by atoms with E-state index in [1.165, 1.54) is 0 Å². The van der Waals surface area contributed by atoms with Crippen molar-refractivity contribution in [1.29, 1.82) is 0 Å². The number of nitrogens with zero attached hydrogens (tertiary/aromatic N) is 1.